The normalized spacial score (nSPS) is 10.9. The third-order valence-corrected chi connectivity index (χ3v) is 3.73. The van der Waals surface area contributed by atoms with Crippen molar-refractivity contribution in [3.05, 3.63) is 52.4 Å². The Balaban J connectivity index is 2.03. The number of rotatable bonds is 2. The molecule has 3 aromatic rings. The minimum Gasteiger partial charge on any atom is -0.378 e. The van der Waals surface area contributed by atoms with Crippen molar-refractivity contribution in [2.24, 2.45) is 0 Å². The van der Waals surface area contributed by atoms with Gasteiger partial charge in [-0.2, -0.15) is 0 Å². The van der Waals surface area contributed by atoms with Crippen molar-refractivity contribution in [3.63, 3.8) is 0 Å². The highest BCUT2D eigenvalue weighted by atomic mass is 125. The summed E-state index contributed by atoms with van der Waals surface area (Å²) >= 11 is 2.31. The number of imidazole rings is 1. The number of benzene rings is 1. The van der Waals surface area contributed by atoms with E-state index < -0.39 is 0 Å². The zero-order valence-electron chi connectivity index (χ0n) is 10.8. The molecule has 3 rings (SSSR count). The Hall–Kier alpha value is -1.56. The van der Waals surface area contributed by atoms with Crippen LogP contribution in [-0.2, 0) is 0 Å². The van der Waals surface area contributed by atoms with E-state index in [1.165, 1.54) is 9.26 Å². The largest absolute Gasteiger partial charge is 0.378 e. The number of hydrogen-bond acceptors (Lipinski definition) is 2. The maximum atomic E-state index is 4.64. The highest BCUT2D eigenvalue weighted by Crippen LogP contribution is 2.22. The summed E-state index contributed by atoms with van der Waals surface area (Å²) in [6.07, 6.45) is 4.16. The lowest BCUT2D eigenvalue weighted by molar-refractivity contribution is 1.13. The molecule has 0 amide bonds. The van der Waals surface area contributed by atoms with Gasteiger partial charge >= 0.3 is 0 Å². The van der Waals surface area contributed by atoms with Crippen LogP contribution in [0, 0.1) is 3.57 Å². The quantitative estimate of drug-likeness (QED) is 0.650. The van der Waals surface area contributed by atoms with Crippen LogP contribution in [-0.4, -0.2) is 23.5 Å². The van der Waals surface area contributed by atoms with Crippen LogP contribution in [0.25, 0.3) is 16.9 Å². The minimum atomic E-state index is 0.979. The zero-order valence-corrected chi connectivity index (χ0v) is 13.0. The van der Waals surface area contributed by atoms with Gasteiger partial charge in [-0.3, -0.25) is 0 Å². The van der Waals surface area contributed by atoms with Crippen molar-refractivity contribution < 1.29 is 0 Å². The molecule has 0 aliphatic carbocycles. The van der Waals surface area contributed by atoms with Crippen LogP contribution in [0.2, 0.25) is 0 Å². The summed E-state index contributed by atoms with van der Waals surface area (Å²) in [5, 5.41) is 0. The topological polar surface area (TPSA) is 20.5 Å². The Morgan fingerprint density at radius 2 is 1.74 bits per heavy atom. The van der Waals surface area contributed by atoms with Crippen molar-refractivity contribution in [1.82, 2.24) is 9.38 Å². The maximum absolute atomic E-state index is 4.64. The van der Waals surface area contributed by atoms with Crippen molar-refractivity contribution in [2.75, 3.05) is 19.0 Å². The van der Waals surface area contributed by atoms with Crippen LogP contribution in [0.1, 0.15) is 0 Å². The van der Waals surface area contributed by atoms with Gasteiger partial charge in [-0.15, -0.1) is 0 Å². The summed E-state index contributed by atoms with van der Waals surface area (Å²) < 4.78 is 3.27. The average Bonchev–Trinajstić information content (AvgIpc) is 2.81. The number of anilines is 1. The minimum absolute atomic E-state index is 0.979. The SMILES string of the molecule is CN(C)c1ccc(-c2cn3cc([125I])ccc3n2)cc1. The monoisotopic (exact) mass is 361 g/mol. The molecule has 1 aromatic carbocycles. The molecule has 19 heavy (non-hydrogen) atoms. The summed E-state index contributed by atoms with van der Waals surface area (Å²) in [7, 11) is 4.09. The smallest absolute Gasteiger partial charge is 0.137 e. The summed E-state index contributed by atoms with van der Waals surface area (Å²) in [4.78, 5) is 6.74. The van der Waals surface area contributed by atoms with Crippen molar-refractivity contribution >= 4 is 33.9 Å². The molecular weight excluding hydrogens is 347 g/mol. The van der Waals surface area contributed by atoms with Gasteiger partial charge in [-0.05, 0) is 46.9 Å². The van der Waals surface area contributed by atoms with E-state index in [0.717, 1.165) is 16.9 Å². The van der Waals surface area contributed by atoms with Gasteiger partial charge in [0.25, 0.3) is 0 Å². The lowest BCUT2D eigenvalue weighted by Crippen LogP contribution is -2.07. The second-order valence-corrected chi connectivity index (χ2v) is 5.93. The Morgan fingerprint density at radius 3 is 2.42 bits per heavy atom. The van der Waals surface area contributed by atoms with Crippen LogP contribution in [0.15, 0.2) is 48.8 Å². The van der Waals surface area contributed by atoms with E-state index in [4.69, 9.17) is 0 Å². The van der Waals surface area contributed by atoms with Crippen LogP contribution in [0.3, 0.4) is 0 Å². The molecule has 0 aliphatic rings. The van der Waals surface area contributed by atoms with E-state index in [1.807, 2.05) is 20.2 Å². The first kappa shape index (κ1) is 12.5. The van der Waals surface area contributed by atoms with Gasteiger partial charge in [0.05, 0.1) is 5.69 Å². The summed E-state index contributed by atoms with van der Waals surface area (Å²) in [5.41, 5.74) is 4.32. The molecule has 0 saturated carbocycles. The van der Waals surface area contributed by atoms with Crippen molar-refractivity contribution in [1.29, 1.82) is 0 Å². The zero-order chi connectivity index (χ0) is 13.4. The Labute approximate surface area is 126 Å². The van der Waals surface area contributed by atoms with Gasteiger partial charge in [0.2, 0.25) is 0 Å². The van der Waals surface area contributed by atoms with Gasteiger partial charge in [-0.25, -0.2) is 4.98 Å². The molecule has 4 heteroatoms. The predicted octanol–water partition coefficient (Wildman–Crippen LogP) is 3.67. The number of aromatic nitrogens is 2. The first-order chi connectivity index (χ1) is 9.13. The summed E-state index contributed by atoms with van der Waals surface area (Å²) in [5.74, 6) is 0. The maximum Gasteiger partial charge on any atom is 0.137 e. The fourth-order valence-electron chi connectivity index (χ4n) is 2.03. The van der Waals surface area contributed by atoms with E-state index in [2.05, 4.69) is 79.6 Å². The number of pyridine rings is 1. The number of nitrogens with zero attached hydrogens (tertiary/aromatic N) is 3. The fraction of sp³-hybridized carbons (Fsp3) is 0.133. The van der Waals surface area contributed by atoms with E-state index in [1.54, 1.807) is 0 Å². The van der Waals surface area contributed by atoms with E-state index in [9.17, 15) is 0 Å². The number of fused-ring (bicyclic) bond motifs is 1. The van der Waals surface area contributed by atoms with Gasteiger partial charge in [0, 0.05) is 41.3 Å². The van der Waals surface area contributed by atoms with Gasteiger partial charge in [-0.1, -0.05) is 12.1 Å². The Kier molecular flexibility index (Phi) is 3.18. The molecule has 0 bridgehead atoms. The lowest BCUT2D eigenvalue weighted by atomic mass is 10.1. The molecule has 0 fully saturated rings. The average molecular weight is 361 g/mol. The standard InChI is InChI=1S/C15H14IN3/c1-18(2)13-6-3-11(4-7-13)14-10-19-9-12(16)5-8-15(19)17-14/h3-10H,1-2H3/i16-2. The van der Waals surface area contributed by atoms with Crippen LogP contribution in [0.4, 0.5) is 5.69 Å². The van der Waals surface area contributed by atoms with Gasteiger partial charge in [0.15, 0.2) is 0 Å². The van der Waals surface area contributed by atoms with Gasteiger partial charge in [0.1, 0.15) is 5.65 Å². The summed E-state index contributed by atoms with van der Waals surface area (Å²) in [6, 6.07) is 12.6. The van der Waals surface area contributed by atoms with Crippen LogP contribution < -0.4 is 4.90 Å². The highest BCUT2D eigenvalue weighted by molar-refractivity contribution is 14.1. The molecular formula is C15H14IN3. The van der Waals surface area contributed by atoms with Crippen LogP contribution >= 0.6 is 22.6 Å². The van der Waals surface area contributed by atoms with Gasteiger partial charge < -0.3 is 9.30 Å². The first-order valence-corrected chi connectivity index (χ1v) is 7.13. The van der Waals surface area contributed by atoms with E-state index in [-0.39, 0.29) is 0 Å². The first-order valence-electron chi connectivity index (χ1n) is 6.05. The highest BCUT2D eigenvalue weighted by Gasteiger charge is 2.05. The molecule has 3 nitrogen and oxygen atoms in total. The van der Waals surface area contributed by atoms with Crippen molar-refractivity contribution in [3.8, 4) is 11.3 Å². The molecule has 0 radical (unpaired) electrons. The third kappa shape index (κ3) is 2.45. The van der Waals surface area contributed by atoms with E-state index in [0.29, 0.717) is 0 Å². The van der Waals surface area contributed by atoms with Crippen LogP contribution in [0.5, 0.6) is 0 Å². The molecule has 0 saturated heterocycles. The van der Waals surface area contributed by atoms with E-state index >= 15 is 0 Å². The molecule has 0 unspecified atom stereocenters. The summed E-state index contributed by atoms with van der Waals surface area (Å²) in [6.45, 7) is 0. The molecule has 0 N–H and O–H groups in total. The lowest BCUT2D eigenvalue weighted by Gasteiger charge is -2.12. The van der Waals surface area contributed by atoms with Crippen molar-refractivity contribution in [2.45, 2.75) is 0 Å². The number of halogens is 1. The second-order valence-electron chi connectivity index (χ2n) is 4.68. The Bertz CT molecular complexity index is 714. The number of hydrogen-bond donors (Lipinski definition) is 0. The predicted molar refractivity (Wildman–Crippen MR) is 87.7 cm³/mol. The Morgan fingerprint density at radius 1 is 1.00 bits per heavy atom. The third-order valence-electron chi connectivity index (χ3n) is 3.09. The fourth-order valence-corrected chi connectivity index (χ4v) is 2.51. The molecule has 2 aromatic heterocycles. The molecule has 96 valence electrons. The molecule has 0 spiro atoms. The molecule has 0 aliphatic heterocycles. The molecule has 2 heterocycles. The second kappa shape index (κ2) is 4.85. The molecule has 0 atom stereocenters.